The van der Waals surface area contributed by atoms with Crippen molar-refractivity contribution in [3.8, 4) is 0 Å². The van der Waals surface area contributed by atoms with Gasteiger partial charge in [-0.1, -0.05) is 18.2 Å². The van der Waals surface area contributed by atoms with Crippen molar-refractivity contribution in [1.82, 2.24) is 15.2 Å². The Balaban J connectivity index is 1.32. The monoisotopic (exact) mass is 325 g/mol. The smallest absolute Gasteiger partial charge is 0.227 e. The van der Waals surface area contributed by atoms with Crippen LogP contribution in [0, 0.1) is 5.92 Å². The Hall–Kier alpha value is -2.30. The van der Waals surface area contributed by atoms with Crippen molar-refractivity contribution in [1.29, 1.82) is 0 Å². The van der Waals surface area contributed by atoms with Crippen LogP contribution in [-0.4, -0.2) is 40.8 Å². The Bertz CT molecular complexity index is 755. The molecule has 126 valence electrons. The molecule has 1 aromatic carbocycles. The van der Waals surface area contributed by atoms with Gasteiger partial charge in [-0.15, -0.1) is 0 Å². The lowest BCUT2D eigenvalue weighted by Gasteiger charge is -2.32. The Morgan fingerprint density at radius 1 is 1.12 bits per heavy atom. The summed E-state index contributed by atoms with van der Waals surface area (Å²) in [5.41, 5.74) is 2.13. The standard InChI is InChI=1S/C19H23N3O2/c23-18(11-14-12-20-17-4-2-1-3-16(14)17)22-9-7-15(8-10-22)21-19(24)13-5-6-13/h1-4,12-13,15,20H,5-11H2,(H,21,24). The van der Waals surface area contributed by atoms with Crippen molar-refractivity contribution in [2.45, 2.75) is 38.1 Å². The van der Waals surface area contributed by atoms with Crippen LogP contribution in [0.5, 0.6) is 0 Å². The zero-order chi connectivity index (χ0) is 16.5. The van der Waals surface area contributed by atoms with Crippen LogP contribution < -0.4 is 5.32 Å². The molecule has 5 heteroatoms. The van der Waals surface area contributed by atoms with Gasteiger partial charge in [0, 0.05) is 42.1 Å². The number of carbonyl (C=O) groups excluding carboxylic acids is 2. The molecule has 2 fully saturated rings. The second-order valence-corrected chi connectivity index (χ2v) is 6.97. The van der Waals surface area contributed by atoms with Crippen molar-refractivity contribution >= 4 is 22.7 Å². The number of fused-ring (bicyclic) bond motifs is 1. The number of nitrogens with one attached hydrogen (secondary N) is 2. The fourth-order valence-electron chi connectivity index (χ4n) is 3.49. The number of benzene rings is 1. The van der Waals surface area contributed by atoms with E-state index in [-0.39, 0.29) is 23.8 Å². The SMILES string of the molecule is O=C(NC1CCN(C(=O)Cc2c[nH]c3ccccc23)CC1)C1CC1. The van der Waals surface area contributed by atoms with Gasteiger partial charge in [-0.3, -0.25) is 9.59 Å². The number of nitrogens with zero attached hydrogens (tertiary/aromatic N) is 1. The maximum atomic E-state index is 12.6. The van der Waals surface area contributed by atoms with E-state index in [0.717, 1.165) is 55.2 Å². The van der Waals surface area contributed by atoms with Crippen LogP contribution in [0.15, 0.2) is 30.5 Å². The van der Waals surface area contributed by atoms with Gasteiger partial charge in [0.1, 0.15) is 0 Å². The topological polar surface area (TPSA) is 65.2 Å². The molecular weight excluding hydrogens is 302 g/mol. The van der Waals surface area contributed by atoms with Gasteiger partial charge in [0.25, 0.3) is 0 Å². The molecule has 1 aliphatic heterocycles. The maximum Gasteiger partial charge on any atom is 0.227 e. The zero-order valence-corrected chi connectivity index (χ0v) is 13.8. The lowest BCUT2D eigenvalue weighted by molar-refractivity contribution is -0.131. The molecule has 24 heavy (non-hydrogen) atoms. The lowest BCUT2D eigenvalue weighted by Crippen LogP contribution is -2.47. The van der Waals surface area contributed by atoms with Gasteiger partial charge in [-0.25, -0.2) is 0 Å². The first-order valence-corrected chi connectivity index (χ1v) is 8.84. The van der Waals surface area contributed by atoms with Crippen LogP contribution in [-0.2, 0) is 16.0 Å². The fourth-order valence-corrected chi connectivity index (χ4v) is 3.49. The molecule has 0 unspecified atom stereocenters. The van der Waals surface area contributed by atoms with Gasteiger partial charge in [0.05, 0.1) is 6.42 Å². The molecule has 4 rings (SSSR count). The van der Waals surface area contributed by atoms with E-state index in [1.54, 1.807) is 0 Å². The quantitative estimate of drug-likeness (QED) is 0.905. The Morgan fingerprint density at radius 3 is 2.62 bits per heavy atom. The summed E-state index contributed by atoms with van der Waals surface area (Å²) in [6.07, 6.45) is 6.16. The van der Waals surface area contributed by atoms with Crippen molar-refractivity contribution in [3.05, 3.63) is 36.0 Å². The first-order valence-electron chi connectivity index (χ1n) is 8.84. The average molecular weight is 325 g/mol. The molecule has 2 heterocycles. The number of likely N-dealkylation sites (tertiary alicyclic amines) is 1. The molecule has 5 nitrogen and oxygen atoms in total. The summed E-state index contributed by atoms with van der Waals surface area (Å²) >= 11 is 0. The molecule has 2 aromatic rings. The normalized spacial score (nSPS) is 18.8. The summed E-state index contributed by atoms with van der Waals surface area (Å²) in [7, 11) is 0. The highest BCUT2D eigenvalue weighted by atomic mass is 16.2. The number of hydrogen-bond acceptors (Lipinski definition) is 2. The van der Waals surface area contributed by atoms with E-state index in [1.165, 1.54) is 0 Å². The molecule has 1 aliphatic carbocycles. The van der Waals surface area contributed by atoms with Crippen LogP contribution in [0.4, 0.5) is 0 Å². The molecule has 0 spiro atoms. The first kappa shape index (κ1) is 15.2. The van der Waals surface area contributed by atoms with Crippen molar-refractivity contribution in [2.75, 3.05) is 13.1 Å². The maximum absolute atomic E-state index is 12.6. The van der Waals surface area contributed by atoms with Crippen LogP contribution in [0.2, 0.25) is 0 Å². The molecule has 1 aromatic heterocycles. The average Bonchev–Trinajstić information content (AvgIpc) is 3.38. The number of piperidine rings is 1. The van der Waals surface area contributed by atoms with Crippen molar-refractivity contribution in [3.63, 3.8) is 0 Å². The molecule has 0 radical (unpaired) electrons. The van der Waals surface area contributed by atoms with Crippen LogP contribution in [0.1, 0.15) is 31.2 Å². The minimum absolute atomic E-state index is 0.173. The number of hydrogen-bond donors (Lipinski definition) is 2. The summed E-state index contributed by atoms with van der Waals surface area (Å²) in [5.74, 6) is 0.636. The Morgan fingerprint density at radius 2 is 1.88 bits per heavy atom. The van der Waals surface area contributed by atoms with E-state index in [1.807, 2.05) is 35.4 Å². The van der Waals surface area contributed by atoms with Crippen LogP contribution >= 0.6 is 0 Å². The van der Waals surface area contributed by atoms with Gasteiger partial charge in [-0.2, -0.15) is 0 Å². The Labute approximate surface area is 141 Å². The second-order valence-electron chi connectivity index (χ2n) is 6.97. The molecule has 1 saturated carbocycles. The minimum atomic E-state index is 0.173. The molecule has 0 atom stereocenters. The molecular formula is C19H23N3O2. The summed E-state index contributed by atoms with van der Waals surface area (Å²) < 4.78 is 0. The minimum Gasteiger partial charge on any atom is -0.361 e. The molecule has 2 amide bonds. The molecule has 0 bridgehead atoms. The number of para-hydroxylation sites is 1. The van der Waals surface area contributed by atoms with E-state index in [4.69, 9.17) is 0 Å². The highest BCUT2D eigenvalue weighted by molar-refractivity contribution is 5.89. The van der Waals surface area contributed by atoms with Crippen molar-refractivity contribution < 1.29 is 9.59 Å². The van der Waals surface area contributed by atoms with Crippen molar-refractivity contribution in [2.24, 2.45) is 5.92 Å². The zero-order valence-electron chi connectivity index (χ0n) is 13.8. The van der Waals surface area contributed by atoms with Crippen LogP contribution in [0.25, 0.3) is 10.9 Å². The van der Waals surface area contributed by atoms with Gasteiger partial charge >= 0.3 is 0 Å². The van der Waals surface area contributed by atoms with Gasteiger partial charge < -0.3 is 15.2 Å². The number of rotatable bonds is 4. The van der Waals surface area contributed by atoms with E-state index >= 15 is 0 Å². The molecule has 1 saturated heterocycles. The number of aromatic nitrogens is 1. The molecule has 2 aliphatic rings. The predicted molar refractivity (Wildman–Crippen MR) is 92.5 cm³/mol. The van der Waals surface area contributed by atoms with Gasteiger partial charge in [0.15, 0.2) is 0 Å². The predicted octanol–water partition coefficient (Wildman–Crippen LogP) is 2.23. The largest absolute Gasteiger partial charge is 0.361 e. The second kappa shape index (κ2) is 6.30. The highest BCUT2D eigenvalue weighted by Crippen LogP contribution is 2.29. The third-order valence-electron chi connectivity index (χ3n) is 5.16. The fraction of sp³-hybridized carbons (Fsp3) is 0.474. The summed E-state index contributed by atoms with van der Waals surface area (Å²) in [4.78, 5) is 29.6. The van der Waals surface area contributed by atoms with E-state index in [2.05, 4.69) is 10.3 Å². The Kier molecular flexibility index (Phi) is 4.00. The number of aromatic amines is 1. The van der Waals surface area contributed by atoms with E-state index < -0.39 is 0 Å². The number of amides is 2. The highest BCUT2D eigenvalue weighted by Gasteiger charge is 2.32. The van der Waals surface area contributed by atoms with E-state index in [0.29, 0.717) is 6.42 Å². The third kappa shape index (κ3) is 3.16. The summed E-state index contributed by atoms with van der Waals surface area (Å²) in [6, 6.07) is 8.30. The van der Waals surface area contributed by atoms with E-state index in [9.17, 15) is 9.59 Å². The number of H-pyrrole nitrogens is 1. The lowest BCUT2D eigenvalue weighted by atomic mass is 10.0. The van der Waals surface area contributed by atoms with Gasteiger partial charge in [-0.05, 0) is 37.3 Å². The molecule has 2 N–H and O–H groups in total. The van der Waals surface area contributed by atoms with Gasteiger partial charge in [0.2, 0.25) is 11.8 Å². The summed E-state index contributed by atoms with van der Waals surface area (Å²) in [5, 5.41) is 4.25. The summed E-state index contributed by atoms with van der Waals surface area (Å²) in [6.45, 7) is 1.47. The first-order chi connectivity index (χ1) is 11.7. The van der Waals surface area contributed by atoms with Crippen LogP contribution in [0.3, 0.4) is 0 Å². The number of carbonyl (C=O) groups is 2. The third-order valence-corrected chi connectivity index (χ3v) is 5.16.